The number of carbonyl (C=O) groups is 1. The van der Waals surface area contributed by atoms with Crippen molar-refractivity contribution in [3.63, 3.8) is 0 Å². The summed E-state index contributed by atoms with van der Waals surface area (Å²) in [5.74, 6) is -0.371. The first-order valence-electron chi connectivity index (χ1n) is 9.80. The Kier molecular flexibility index (Phi) is 5.44. The Morgan fingerprint density at radius 1 is 0.935 bits per heavy atom. The number of carbonyl (C=O) groups excluding carboxylic acids is 1. The molecule has 1 aromatic carbocycles. The van der Waals surface area contributed by atoms with Gasteiger partial charge in [0.05, 0.1) is 17.8 Å². The number of benzene rings is 1. The summed E-state index contributed by atoms with van der Waals surface area (Å²) in [6, 6.07) is 14.1. The number of aryl methyl sites for hydroxylation is 1. The summed E-state index contributed by atoms with van der Waals surface area (Å²) < 4.78 is 2.33. The van der Waals surface area contributed by atoms with Crippen LogP contribution in [0.1, 0.15) is 16.8 Å². The van der Waals surface area contributed by atoms with Gasteiger partial charge in [-0.3, -0.25) is 23.7 Å². The van der Waals surface area contributed by atoms with E-state index in [2.05, 4.69) is 15.3 Å². The molecule has 1 N–H and O–H groups in total. The molecule has 8 heteroatoms. The summed E-state index contributed by atoms with van der Waals surface area (Å²) in [6.07, 6.45) is 3.08. The lowest BCUT2D eigenvalue weighted by atomic mass is 10.1. The molecule has 1 amide bonds. The summed E-state index contributed by atoms with van der Waals surface area (Å²) in [7, 11) is 0. The molecule has 0 fully saturated rings. The maximum absolute atomic E-state index is 13.2. The molecule has 0 unspecified atom stereocenters. The van der Waals surface area contributed by atoms with E-state index in [1.54, 1.807) is 36.5 Å². The van der Waals surface area contributed by atoms with Crippen LogP contribution in [-0.4, -0.2) is 25.0 Å². The minimum atomic E-state index is -0.590. The standard InChI is InChI=1S/C23H21N5O3/c1-15-7-5-9-18(16(15)2)26-20(29)14-27-19-10-6-12-25-21(19)22(30)28(23(27)31)13-17-8-3-4-11-24-17/h3-12H,13-14H2,1-2H3,(H,26,29). The summed E-state index contributed by atoms with van der Waals surface area (Å²) in [5.41, 5.74) is 2.57. The number of nitrogens with zero attached hydrogens (tertiary/aromatic N) is 4. The molecular formula is C23H21N5O3. The quantitative estimate of drug-likeness (QED) is 0.539. The first-order chi connectivity index (χ1) is 15.0. The van der Waals surface area contributed by atoms with Crippen LogP contribution in [0.15, 0.2) is 70.5 Å². The van der Waals surface area contributed by atoms with Gasteiger partial charge in [-0.1, -0.05) is 18.2 Å². The minimum absolute atomic E-state index is 0.0103. The summed E-state index contributed by atoms with van der Waals surface area (Å²) in [4.78, 5) is 47.3. The van der Waals surface area contributed by atoms with E-state index < -0.39 is 11.2 Å². The van der Waals surface area contributed by atoms with E-state index in [9.17, 15) is 14.4 Å². The van der Waals surface area contributed by atoms with Gasteiger partial charge in [0.15, 0.2) is 5.52 Å². The van der Waals surface area contributed by atoms with Crippen molar-refractivity contribution in [2.75, 3.05) is 5.32 Å². The number of hydrogen-bond donors (Lipinski definition) is 1. The highest BCUT2D eigenvalue weighted by atomic mass is 16.2. The number of rotatable bonds is 5. The molecule has 0 atom stereocenters. The molecule has 8 nitrogen and oxygen atoms in total. The molecule has 0 aliphatic carbocycles. The van der Waals surface area contributed by atoms with Crippen molar-refractivity contribution in [3.8, 4) is 0 Å². The molecule has 0 aliphatic heterocycles. The van der Waals surface area contributed by atoms with Crippen LogP contribution >= 0.6 is 0 Å². The van der Waals surface area contributed by atoms with E-state index in [0.29, 0.717) is 16.9 Å². The van der Waals surface area contributed by atoms with Crippen molar-refractivity contribution in [1.82, 2.24) is 19.1 Å². The van der Waals surface area contributed by atoms with Crippen molar-refractivity contribution < 1.29 is 4.79 Å². The van der Waals surface area contributed by atoms with E-state index in [4.69, 9.17) is 0 Å². The summed E-state index contributed by atoms with van der Waals surface area (Å²) in [5, 5.41) is 2.86. The molecule has 0 spiro atoms. The maximum atomic E-state index is 13.2. The molecule has 31 heavy (non-hydrogen) atoms. The molecule has 0 bridgehead atoms. The third-order valence-electron chi connectivity index (χ3n) is 5.21. The van der Waals surface area contributed by atoms with Gasteiger partial charge >= 0.3 is 5.69 Å². The van der Waals surface area contributed by atoms with Crippen molar-refractivity contribution in [2.45, 2.75) is 26.9 Å². The largest absolute Gasteiger partial charge is 0.332 e. The molecule has 4 aromatic rings. The van der Waals surface area contributed by atoms with Gasteiger partial charge in [0.25, 0.3) is 5.56 Å². The Labute approximate surface area is 177 Å². The number of anilines is 1. The molecule has 4 rings (SSSR count). The van der Waals surface area contributed by atoms with Crippen molar-refractivity contribution in [3.05, 3.63) is 98.6 Å². The van der Waals surface area contributed by atoms with Gasteiger partial charge in [-0.2, -0.15) is 0 Å². The first kappa shape index (κ1) is 20.2. The third-order valence-corrected chi connectivity index (χ3v) is 5.21. The lowest BCUT2D eigenvalue weighted by Gasteiger charge is -2.14. The highest BCUT2D eigenvalue weighted by Crippen LogP contribution is 2.18. The van der Waals surface area contributed by atoms with Crippen molar-refractivity contribution >= 4 is 22.6 Å². The molecule has 0 saturated carbocycles. The second-order valence-electron chi connectivity index (χ2n) is 7.25. The van der Waals surface area contributed by atoms with Gasteiger partial charge in [-0.05, 0) is 55.3 Å². The van der Waals surface area contributed by atoms with E-state index in [0.717, 1.165) is 15.7 Å². The highest BCUT2D eigenvalue weighted by molar-refractivity contribution is 5.92. The van der Waals surface area contributed by atoms with Crippen LogP contribution in [-0.2, 0) is 17.9 Å². The van der Waals surface area contributed by atoms with Crippen LogP contribution in [0.25, 0.3) is 11.0 Å². The fourth-order valence-corrected chi connectivity index (χ4v) is 3.41. The van der Waals surface area contributed by atoms with E-state index in [1.807, 2.05) is 32.0 Å². The van der Waals surface area contributed by atoms with Crippen molar-refractivity contribution in [2.24, 2.45) is 0 Å². The second kappa shape index (κ2) is 8.35. The maximum Gasteiger partial charge on any atom is 0.332 e. The Balaban J connectivity index is 1.76. The average Bonchev–Trinajstić information content (AvgIpc) is 2.78. The zero-order valence-corrected chi connectivity index (χ0v) is 17.2. The smallest absolute Gasteiger partial charge is 0.324 e. The van der Waals surface area contributed by atoms with Crippen molar-refractivity contribution in [1.29, 1.82) is 0 Å². The van der Waals surface area contributed by atoms with E-state index in [-0.39, 0.29) is 24.5 Å². The number of aromatic nitrogens is 4. The fraction of sp³-hybridized carbons (Fsp3) is 0.174. The molecule has 3 heterocycles. The SMILES string of the molecule is Cc1cccc(NC(=O)Cn2c(=O)n(Cc3ccccn3)c(=O)c3ncccc32)c1C. The van der Waals surface area contributed by atoms with Crippen LogP contribution in [0.4, 0.5) is 5.69 Å². The lowest BCUT2D eigenvalue weighted by Crippen LogP contribution is -2.42. The van der Waals surface area contributed by atoms with Crippen LogP contribution in [0, 0.1) is 13.8 Å². The summed E-state index contributed by atoms with van der Waals surface area (Å²) >= 11 is 0. The topological polar surface area (TPSA) is 98.9 Å². The van der Waals surface area contributed by atoms with Gasteiger partial charge < -0.3 is 5.32 Å². The Hall–Kier alpha value is -4.07. The zero-order chi connectivity index (χ0) is 22.0. The number of fused-ring (bicyclic) bond motifs is 1. The van der Waals surface area contributed by atoms with E-state index >= 15 is 0 Å². The molecule has 0 radical (unpaired) electrons. The van der Waals surface area contributed by atoms with Gasteiger partial charge in [-0.25, -0.2) is 9.78 Å². The highest BCUT2D eigenvalue weighted by Gasteiger charge is 2.17. The number of amides is 1. The van der Waals surface area contributed by atoms with Gasteiger partial charge in [-0.15, -0.1) is 0 Å². The molecule has 0 aliphatic rings. The number of nitrogens with one attached hydrogen (secondary N) is 1. The molecule has 0 saturated heterocycles. The van der Waals surface area contributed by atoms with Gasteiger partial charge in [0.2, 0.25) is 5.91 Å². The lowest BCUT2D eigenvalue weighted by molar-refractivity contribution is -0.116. The van der Waals surface area contributed by atoms with Crippen LogP contribution < -0.4 is 16.6 Å². The fourth-order valence-electron chi connectivity index (χ4n) is 3.41. The van der Waals surface area contributed by atoms with Crippen LogP contribution in [0.3, 0.4) is 0 Å². The predicted octanol–water partition coefficient (Wildman–Crippen LogP) is 2.26. The van der Waals surface area contributed by atoms with Gasteiger partial charge in [0.1, 0.15) is 6.54 Å². The average molecular weight is 415 g/mol. The predicted molar refractivity (Wildman–Crippen MR) is 118 cm³/mol. The Morgan fingerprint density at radius 3 is 2.52 bits per heavy atom. The molecular weight excluding hydrogens is 394 g/mol. The van der Waals surface area contributed by atoms with Crippen LogP contribution in [0.5, 0.6) is 0 Å². The number of pyridine rings is 2. The first-order valence-corrected chi connectivity index (χ1v) is 9.80. The Morgan fingerprint density at radius 2 is 1.74 bits per heavy atom. The zero-order valence-electron chi connectivity index (χ0n) is 17.2. The minimum Gasteiger partial charge on any atom is -0.324 e. The van der Waals surface area contributed by atoms with Gasteiger partial charge in [0, 0.05) is 18.1 Å². The third kappa shape index (κ3) is 4.00. The van der Waals surface area contributed by atoms with E-state index in [1.165, 1.54) is 10.8 Å². The molecule has 156 valence electrons. The Bertz CT molecular complexity index is 1390. The van der Waals surface area contributed by atoms with Crippen LogP contribution in [0.2, 0.25) is 0 Å². The monoisotopic (exact) mass is 415 g/mol. The molecule has 3 aromatic heterocycles. The normalized spacial score (nSPS) is 10.9. The number of hydrogen-bond acceptors (Lipinski definition) is 5. The second-order valence-corrected chi connectivity index (χ2v) is 7.25. The summed E-state index contributed by atoms with van der Waals surface area (Å²) in [6.45, 7) is 3.62.